The Morgan fingerprint density at radius 3 is 2.70 bits per heavy atom. The highest BCUT2D eigenvalue weighted by atomic mass is 32.1. The van der Waals surface area contributed by atoms with Crippen molar-refractivity contribution in [2.75, 3.05) is 7.05 Å². The molecule has 0 aromatic carbocycles. The van der Waals surface area contributed by atoms with Gasteiger partial charge in [-0.2, -0.15) is 13.2 Å². The van der Waals surface area contributed by atoms with Gasteiger partial charge in [0.05, 0.1) is 17.9 Å². The first-order valence-electron chi connectivity index (χ1n) is 7.49. The monoisotopic (exact) mass is 345 g/mol. The molecule has 0 atom stereocenters. The fraction of sp³-hybridized carbons (Fsp3) is 0.600. The maximum atomic E-state index is 13.5. The van der Waals surface area contributed by atoms with Crippen LogP contribution in [0, 0.1) is 12.3 Å². The highest BCUT2D eigenvalue weighted by molar-refractivity contribution is 7.15. The summed E-state index contributed by atoms with van der Waals surface area (Å²) in [6.45, 7) is 1.93. The van der Waals surface area contributed by atoms with Crippen molar-refractivity contribution in [1.82, 2.24) is 14.3 Å². The smallest absolute Gasteiger partial charge is 0.339 e. The van der Waals surface area contributed by atoms with Crippen LogP contribution < -0.4 is 0 Å². The molecule has 1 aliphatic carbocycles. The molecule has 2 aromatic heterocycles. The van der Waals surface area contributed by atoms with E-state index in [1.165, 1.54) is 23.3 Å². The van der Waals surface area contributed by atoms with E-state index in [0.29, 0.717) is 12.8 Å². The Hall–Kier alpha value is -1.57. The summed E-state index contributed by atoms with van der Waals surface area (Å²) in [6.07, 6.45) is -2.02. The zero-order valence-electron chi connectivity index (χ0n) is 13.0. The second kappa shape index (κ2) is 5.51. The molecular weight excluding hydrogens is 327 g/mol. The molecule has 0 spiro atoms. The van der Waals surface area contributed by atoms with Crippen LogP contribution in [0.3, 0.4) is 0 Å². The van der Waals surface area contributed by atoms with Crippen LogP contribution in [0.1, 0.15) is 37.1 Å². The van der Waals surface area contributed by atoms with Crippen molar-refractivity contribution in [3.63, 3.8) is 0 Å². The van der Waals surface area contributed by atoms with E-state index >= 15 is 0 Å². The Labute approximate surface area is 135 Å². The summed E-state index contributed by atoms with van der Waals surface area (Å²) in [5.74, 6) is -0.827. The highest BCUT2D eigenvalue weighted by Gasteiger charge is 2.61. The van der Waals surface area contributed by atoms with Gasteiger partial charge in [-0.3, -0.25) is 9.20 Å². The van der Waals surface area contributed by atoms with E-state index in [0.717, 1.165) is 16.3 Å². The Kier molecular flexibility index (Phi) is 3.90. The zero-order valence-corrected chi connectivity index (χ0v) is 13.8. The topological polar surface area (TPSA) is 37.6 Å². The minimum absolute atomic E-state index is 0.112. The van der Waals surface area contributed by atoms with Crippen LogP contribution in [0.25, 0.3) is 4.96 Å². The number of carbonyl (C=O) groups excluding carboxylic acids is 1. The summed E-state index contributed by atoms with van der Waals surface area (Å²) < 4.78 is 42.4. The van der Waals surface area contributed by atoms with Gasteiger partial charge in [0.25, 0.3) is 0 Å². The van der Waals surface area contributed by atoms with Crippen LogP contribution in [-0.2, 0) is 11.3 Å². The molecule has 23 heavy (non-hydrogen) atoms. The molecule has 0 saturated heterocycles. The predicted octanol–water partition coefficient (Wildman–Crippen LogP) is 3.79. The lowest BCUT2D eigenvalue weighted by molar-refractivity contribution is -0.225. The highest BCUT2D eigenvalue weighted by Crippen LogP contribution is 2.51. The number of thiazole rings is 1. The Morgan fingerprint density at radius 1 is 1.43 bits per heavy atom. The predicted molar refractivity (Wildman–Crippen MR) is 81.2 cm³/mol. The van der Waals surface area contributed by atoms with Gasteiger partial charge < -0.3 is 4.90 Å². The van der Waals surface area contributed by atoms with Crippen LogP contribution in [0.15, 0.2) is 11.6 Å². The number of amides is 1. The van der Waals surface area contributed by atoms with E-state index in [9.17, 15) is 18.0 Å². The SMILES string of the molecule is Cc1nc2sccn2c1CN(C)C(=O)C1(C(F)(F)F)CCCC1. The zero-order chi connectivity index (χ0) is 16.8. The molecule has 126 valence electrons. The molecule has 0 aliphatic heterocycles. The number of alkyl halides is 3. The molecule has 2 heterocycles. The van der Waals surface area contributed by atoms with Crippen molar-refractivity contribution in [3.05, 3.63) is 23.0 Å². The summed E-state index contributed by atoms with van der Waals surface area (Å²) in [4.78, 5) is 19.0. The van der Waals surface area contributed by atoms with Gasteiger partial charge in [0.15, 0.2) is 4.96 Å². The molecule has 1 fully saturated rings. The molecule has 0 unspecified atom stereocenters. The maximum Gasteiger partial charge on any atom is 0.403 e. The van der Waals surface area contributed by atoms with Gasteiger partial charge in [-0.05, 0) is 19.8 Å². The summed E-state index contributed by atoms with van der Waals surface area (Å²) in [7, 11) is 1.44. The first kappa shape index (κ1) is 16.3. The third-order valence-corrected chi connectivity index (χ3v) is 5.46. The van der Waals surface area contributed by atoms with E-state index in [4.69, 9.17) is 0 Å². The summed E-state index contributed by atoms with van der Waals surface area (Å²) in [6, 6.07) is 0. The van der Waals surface area contributed by atoms with Gasteiger partial charge in [0, 0.05) is 18.6 Å². The fourth-order valence-corrected chi connectivity index (χ4v) is 4.17. The first-order valence-corrected chi connectivity index (χ1v) is 8.37. The van der Waals surface area contributed by atoms with E-state index in [1.54, 1.807) is 0 Å². The number of rotatable bonds is 3. The molecule has 0 radical (unpaired) electrons. The molecule has 0 N–H and O–H groups in total. The number of aromatic nitrogens is 2. The minimum Gasteiger partial charge on any atom is -0.339 e. The third kappa shape index (κ3) is 2.52. The van der Waals surface area contributed by atoms with Crippen LogP contribution in [0.2, 0.25) is 0 Å². The van der Waals surface area contributed by atoms with Crippen LogP contribution in [0.4, 0.5) is 13.2 Å². The van der Waals surface area contributed by atoms with E-state index in [-0.39, 0.29) is 19.4 Å². The number of carbonyl (C=O) groups is 1. The van der Waals surface area contributed by atoms with Crippen molar-refractivity contribution >= 4 is 22.2 Å². The lowest BCUT2D eigenvalue weighted by Crippen LogP contribution is -2.49. The van der Waals surface area contributed by atoms with E-state index < -0.39 is 17.5 Å². The molecule has 3 rings (SSSR count). The molecular formula is C15H18F3N3OS. The van der Waals surface area contributed by atoms with Crippen molar-refractivity contribution in [2.45, 2.75) is 45.3 Å². The quantitative estimate of drug-likeness (QED) is 0.849. The number of aryl methyl sites for hydroxylation is 1. The molecule has 0 bridgehead atoms. The van der Waals surface area contributed by atoms with Gasteiger partial charge in [0.2, 0.25) is 5.91 Å². The van der Waals surface area contributed by atoms with Crippen molar-refractivity contribution < 1.29 is 18.0 Å². The average Bonchev–Trinajstić information content (AvgIpc) is 3.16. The molecule has 4 nitrogen and oxygen atoms in total. The number of hydrogen-bond acceptors (Lipinski definition) is 3. The standard InChI is InChI=1S/C15H18F3N3OS/c1-10-11(21-7-8-23-13(21)19-10)9-20(2)12(22)14(15(16,17)18)5-3-4-6-14/h7-8H,3-6,9H2,1-2H3. The molecule has 1 amide bonds. The second-order valence-electron chi connectivity index (χ2n) is 6.15. The third-order valence-electron chi connectivity index (χ3n) is 4.70. The number of fused-ring (bicyclic) bond motifs is 1. The average molecular weight is 345 g/mol. The molecule has 8 heteroatoms. The van der Waals surface area contributed by atoms with E-state index in [2.05, 4.69) is 4.98 Å². The van der Waals surface area contributed by atoms with Crippen molar-refractivity contribution in [3.8, 4) is 0 Å². The molecule has 2 aromatic rings. The summed E-state index contributed by atoms with van der Waals surface area (Å²) >= 11 is 1.46. The lowest BCUT2D eigenvalue weighted by Gasteiger charge is -2.34. The minimum atomic E-state index is -4.50. The van der Waals surface area contributed by atoms with Gasteiger partial charge in [-0.15, -0.1) is 11.3 Å². The molecule has 1 saturated carbocycles. The van der Waals surface area contributed by atoms with Crippen LogP contribution >= 0.6 is 11.3 Å². The Bertz CT molecular complexity index is 728. The van der Waals surface area contributed by atoms with E-state index in [1.807, 2.05) is 22.9 Å². The fourth-order valence-electron chi connectivity index (χ4n) is 3.39. The second-order valence-corrected chi connectivity index (χ2v) is 7.02. The van der Waals surface area contributed by atoms with Gasteiger partial charge in [-0.1, -0.05) is 12.8 Å². The molecule has 1 aliphatic rings. The number of hydrogen-bond donors (Lipinski definition) is 0. The van der Waals surface area contributed by atoms with Crippen LogP contribution in [0.5, 0.6) is 0 Å². The Balaban J connectivity index is 1.87. The summed E-state index contributed by atoms with van der Waals surface area (Å²) in [5.41, 5.74) is -0.718. The number of nitrogens with zero attached hydrogens (tertiary/aromatic N) is 3. The number of halogens is 3. The van der Waals surface area contributed by atoms with Crippen molar-refractivity contribution in [2.24, 2.45) is 5.41 Å². The van der Waals surface area contributed by atoms with Crippen LogP contribution in [-0.4, -0.2) is 33.4 Å². The summed E-state index contributed by atoms with van der Waals surface area (Å²) in [5, 5.41) is 1.86. The normalized spacial score (nSPS) is 17.8. The number of imidazole rings is 1. The first-order chi connectivity index (χ1) is 10.8. The van der Waals surface area contributed by atoms with Crippen molar-refractivity contribution in [1.29, 1.82) is 0 Å². The lowest BCUT2D eigenvalue weighted by atomic mass is 9.83. The largest absolute Gasteiger partial charge is 0.403 e. The Morgan fingerprint density at radius 2 is 2.09 bits per heavy atom. The van der Waals surface area contributed by atoms with Gasteiger partial charge in [-0.25, -0.2) is 4.98 Å². The van der Waals surface area contributed by atoms with Gasteiger partial charge >= 0.3 is 6.18 Å². The maximum absolute atomic E-state index is 13.5. The van der Waals surface area contributed by atoms with Gasteiger partial charge in [0.1, 0.15) is 5.41 Å².